The van der Waals surface area contributed by atoms with Gasteiger partial charge < -0.3 is 0 Å². The van der Waals surface area contributed by atoms with Crippen LogP contribution in [0.4, 0.5) is 13.0 Å². The van der Waals surface area contributed by atoms with Crippen molar-refractivity contribution in [2.24, 2.45) is 0 Å². The molecule has 0 radical (unpaired) electrons. The van der Waals surface area contributed by atoms with Gasteiger partial charge in [0, 0.05) is 11.0 Å². The molecule has 1 rings (SSSR count). The molecule has 0 heterocycles. The second-order valence-corrected chi connectivity index (χ2v) is 2.18. The van der Waals surface area contributed by atoms with Crippen molar-refractivity contribution in [2.75, 3.05) is 0 Å². The molecule has 12 heavy (non-hydrogen) atoms. The third-order valence-corrected chi connectivity index (χ3v) is 1.40. The van der Waals surface area contributed by atoms with Gasteiger partial charge >= 0.3 is 7.27 Å². The van der Waals surface area contributed by atoms with Crippen LogP contribution in [0, 0.1) is 18.2 Å². The Hall–Kier alpha value is -1.37. The lowest BCUT2D eigenvalue weighted by Crippen LogP contribution is -2.24. The number of terminal acetylenes is 1. The maximum Gasteiger partial charge on any atom is 0.574 e. The van der Waals surface area contributed by atoms with Crippen molar-refractivity contribution in [1.82, 2.24) is 0 Å². The lowest BCUT2D eigenvalue weighted by atomic mass is 9.84. The van der Waals surface area contributed by atoms with Crippen molar-refractivity contribution in [1.29, 1.82) is 0 Å². The molecule has 0 unspecified atom stereocenters. The maximum absolute atomic E-state index is 12.6. The Morgan fingerprint density at radius 1 is 1.33 bits per heavy atom. The molecule has 0 nitrogen and oxygen atoms in total. The highest BCUT2D eigenvalue weighted by Gasteiger charge is 2.20. The average Bonchev–Trinajstić information content (AvgIpc) is 2.05. The molecule has 0 spiro atoms. The summed E-state index contributed by atoms with van der Waals surface area (Å²) in [5, 5.41) is 0. The number of hydrogen-bond donors (Lipinski definition) is 0. The minimum absolute atomic E-state index is 0.256. The van der Waals surface area contributed by atoms with Gasteiger partial charge in [0.05, 0.1) is 0 Å². The highest BCUT2D eigenvalue weighted by Crippen LogP contribution is 2.02. The van der Waals surface area contributed by atoms with Crippen LogP contribution in [0.3, 0.4) is 0 Å². The number of hydrogen-bond acceptors (Lipinski definition) is 0. The summed E-state index contributed by atoms with van der Waals surface area (Å²) < 4.78 is 36.7. The molecule has 1 aromatic carbocycles. The van der Waals surface area contributed by atoms with Crippen LogP contribution in [-0.4, -0.2) is 7.27 Å². The zero-order valence-electron chi connectivity index (χ0n) is 6.02. The van der Waals surface area contributed by atoms with Crippen molar-refractivity contribution in [3.63, 3.8) is 0 Å². The van der Waals surface area contributed by atoms with Gasteiger partial charge in [-0.15, -0.1) is 6.42 Å². The maximum atomic E-state index is 12.6. The lowest BCUT2D eigenvalue weighted by Gasteiger charge is -1.98. The van der Waals surface area contributed by atoms with E-state index in [0.717, 1.165) is 12.1 Å². The monoisotopic (exact) mass is 168 g/mol. The molecule has 4 heteroatoms. The molecule has 60 valence electrons. The molecule has 0 aliphatic rings. The molecule has 0 amide bonds. The van der Waals surface area contributed by atoms with Crippen LogP contribution in [0.15, 0.2) is 18.2 Å². The van der Waals surface area contributed by atoms with Crippen LogP contribution in [0.5, 0.6) is 0 Å². The summed E-state index contributed by atoms with van der Waals surface area (Å²) in [6, 6.07) is 3.19. The first kappa shape index (κ1) is 8.73. The fourth-order valence-corrected chi connectivity index (χ4v) is 0.801. The van der Waals surface area contributed by atoms with E-state index in [0.29, 0.717) is 0 Å². The Morgan fingerprint density at radius 2 is 2.00 bits per heavy atom. The lowest BCUT2D eigenvalue weighted by molar-refractivity contribution is 0.622. The molecular formula is C8H4BF3. The Balaban J connectivity index is 3.19. The first-order valence-electron chi connectivity index (χ1n) is 3.19. The molecule has 1 aromatic rings. The molecule has 0 atom stereocenters. The minimum Gasteiger partial charge on any atom is -0.281 e. The SMILES string of the molecule is C#Cc1ccc(F)c(B(F)F)c1. The fourth-order valence-electron chi connectivity index (χ4n) is 0.801. The van der Waals surface area contributed by atoms with Crippen molar-refractivity contribution in [3.05, 3.63) is 29.6 Å². The van der Waals surface area contributed by atoms with E-state index in [2.05, 4.69) is 5.92 Å². The molecule has 0 saturated carbocycles. The molecule has 0 N–H and O–H groups in total. The quantitative estimate of drug-likeness (QED) is 0.439. The van der Waals surface area contributed by atoms with E-state index in [-0.39, 0.29) is 5.56 Å². The topological polar surface area (TPSA) is 0 Å². The minimum atomic E-state index is -2.82. The molecule has 0 saturated heterocycles. The predicted octanol–water partition coefficient (Wildman–Crippen LogP) is 1.44. The zero-order chi connectivity index (χ0) is 9.14. The summed E-state index contributed by atoms with van der Waals surface area (Å²) >= 11 is 0. The highest BCUT2D eigenvalue weighted by molar-refractivity contribution is 6.60. The first-order chi connectivity index (χ1) is 5.65. The van der Waals surface area contributed by atoms with Crippen LogP contribution in [0.2, 0.25) is 0 Å². The standard InChI is InChI=1S/C8H4BF3/c1-2-6-3-4-8(10)7(5-6)9(11)12/h1,3-5H. The summed E-state index contributed by atoms with van der Waals surface area (Å²) in [5.74, 6) is 1.22. The van der Waals surface area contributed by atoms with Gasteiger partial charge in [-0.2, -0.15) is 0 Å². The summed E-state index contributed by atoms with van der Waals surface area (Å²) in [6.45, 7) is 0. The predicted molar refractivity (Wildman–Crippen MR) is 41.9 cm³/mol. The van der Waals surface area contributed by atoms with Gasteiger partial charge in [-0.1, -0.05) is 5.92 Å². The van der Waals surface area contributed by atoms with Crippen LogP contribution >= 0.6 is 0 Å². The smallest absolute Gasteiger partial charge is 0.281 e. The molecule has 0 aliphatic carbocycles. The summed E-state index contributed by atoms with van der Waals surface area (Å²) in [4.78, 5) is 0. The second-order valence-electron chi connectivity index (χ2n) is 2.18. The highest BCUT2D eigenvalue weighted by atomic mass is 19.2. The van der Waals surface area contributed by atoms with Crippen molar-refractivity contribution in [2.45, 2.75) is 0 Å². The van der Waals surface area contributed by atoms with Crippen LogP contribution in [-0.2, 0) is 0 Å². The van der Waals surface area contributed by atoms with Gasteiger partial charge in [0.2, 0.25) is 0 Å². The normalized spacial score (nSPS) is 9.17. The van der Waals surface area contributed by atoms with Crippen molar-refractivity contribution < 1.29 is 13.0 Å². The Labute approximate surface area is 68.6 Å². The van der Waals surface area contributed by atoms with E-state index in [1.54, 1.807) is 0 Å². The van der Waals surface area contributed by atoms with Crippen molar-refractivity contribution >= 4 is 12.7 Å². The Kier molecular flexibility index (Phi) is 2.44. The molecular weight excluding hydrogens is 164 g/mol. The van der Waals surface area contributed by atoms with Gasteiger partial charge in [-0.05, 0) is 18.2 Å². The largest absolute Gasteiger partial charge is 0.574 e. The van der Waals surface area contributed by atoms with E-state index in [1.165, 1.54) is 6.07 Å². The molecule has 0 bridgehead atoms. The zero-order valence-corrected chi connectivity index (χ0v) is 6.02. The summed E-state index contributed by atoms with van der Waals surface area (Å²) in [5.41, 5.74) is -0.392. The molecule has 0 aliphatic heterocycles. The van der Waals surface area contributed by atoms with E-state index in [4.69, 9.17) is 6.42 Å². The third kappa shape index (κ3) is 1.62. The third-order valence-electron chi connectivity index (χ3n) is 1.40. The van der Waals surface area contributed by atoms with E-state index in [1.807, 2.05) is 0 Å². The van der Waals surface area contributed by atoms with Crippen LogP contribution < -0.4 is 5.46 Å². The van der Waals surface area contributed by atoms with Crippen LogP contribution in [0.1, 0.15) is 5.56 Å². The van der Waals surface area contributed by atoms with Crippen LogP contribution in [0.25, 0.3) is 0 Å². The first-order valence-corrected chi connectivity index (χ1v) is 3.19. The molecule has 0 aromatic heterocycles. The van der Waals surface area contributed by atoms with Gasteiger partial charge in [0.15, 0.2) is 0 Å². The average molecular weight is 168 g/mol. The number of rotatable bonds is 1. The van der Waals surface area contributed by atoms with E-state index < -0.39 is 18.5 Å². The second kappa shape index (κ2) is 3.35. The van der Waals surface area contributed by atoms with Gasteiger partial charge in [-0.3, -0.25) is 8.63 Å². The van der Waals surface area contributed by atoms with E-state index in [9.17, 15) is 13.0 Å². The molecule has 0 fully saturated rings. The van der Waals surface area contributed by atoms with Crippen molar-refractivity contribution in [3.8, 4) is 12.3 Å². The number of benzene rings is 1. The van der Waals surface area contributed by atoms with Gasteiger partial charge in [-0.25, -0.2) is 4.39 Å². The summed E-state index contributed by atoms with van der Waals surface area (Å²) in [6.07, 6.45) is 4.95. The fraction of sp³-hybridized carbons (Fsp3) is 0. The summed E-state index contributed by atoms with van der Waals surface area (Å²) in [7, 11) is -2.82. The number of halogens is 3. The van der Waals surface area contributed by atoms with E-state index >= 15 is 0 Å². The van der Waals surface area contributed by atoms with Gasteiger partial charge in [0.1, 0.15) is 5.82 Å². The Bertz CT molecular complexity index is 328. The van der Waals surface area contributed by atoms with Gasteiger partial charge in [0.25, 0.3) is 0 Å². The Morgan fingerprint density at radius 3 is 2.50 bits per heavy atom.